The molecule has 0 saturated carbocycles. The lowest BCUT2D eigenvalue weighted by atomic mass is 10.1. The minimum atomic E-state index is -0.518. The van der Waals surface area contributed by atoms with Gasteiger partial charge in [0.05, 0.1) is 24.9 Å². The fourth-order valence-electron chi connectivity index (χ4n) is 6.39. The van der Waals surface area contributed by atoms with E-state index >= 15 is 0 Å². The number of ether oxygens (including phenoxy) is 2. The van der Waals surface area contributed by atoms with Crippen LogP contribution in [0, 0.1) is 0 Å². The van der Waals surface area contributed by atoms with Gasteiger partial charge in [0.1, 0.15) is 17.6 Å². The minimum absolute atomic E-state index is 0.164. The predicted molar refractivity (Wildman–Crippen MR) is 135 cm³/mol. The van der Waals surface area contributed by atoms with Gasteiger partial charge in [0.2, 0.25) is 0 Å². The summed E-state index contributed by atoms with van der Waals surface area (Å²) < 4.78 is 23.6. The van der Waals surface area contributed by atoms with Crippen LogP contribution in [0.2, 0.25) is 0 Å². The van der Waals surface area contributed by atoms with Crippen LogP contribution in [0.4, 0.5) is 15.0 Å². The van der Waals surface area contributed by atoms with E-state index in [1.165, 1.54) is 18.4 Å². The molecule has 1 N–H and O–H groups in total. The van der Waals surface area contributed by atoms with E-state index in [1.807, 2.05) is 25.7 Å². The fraction of sp³-hybridized carbons (Fsp3) is 0.808. The molecule has 0 radical (unpaired) electrons. The number of halogens is 1. The molecule has 1 aromatic rings. The van der Waals surface area contributed by atoms with Crippen LogP contribution in [0.25, 0.3) is 0 Å². The van der Waals surface area contributed by atoms with Crippen molar-refractivity contribution in [3.63, 3.8) is 0 Å². The van der Waals surface area contributed by atoms with Crippen molar-refractivity contribution in [1.82, 2.24) is 25.1 Å². The highest BCUT2D eigenvalue weighted by molar-refractivity contribution is 5.70. The molecule has 6 rings (SSSR count). The van der Waals surface area contributed by atoms with Crippen LogP contribution < -0.4 is 15.0 Å². The molecule has 4 saturated heterocycles. The maximum absolute atomic E-state index is 12.7. The minimum Gasteiger partial charge on any atom is -0.467 e. The van der Waals surface area contributed by atoms with Gasteiger partial charge in [-0.3, -0.25) is 9.80 Å². The van der Waals surface area contributed by atoms with E-state index in [4.69, 9.17) is 9.47 Å². The summed E-state index contributed by atoms with van der Waals surface area (Å²) in [5.74, 6) is 0.971. The summed E-state index contributed by atoms with van der Waals surface area (Å²) >= 11 is 0. The molecule has 1 aromatic heterocycles. The summed E-state index contributed by atoms with van der Waals surface area (Å²) in [5, 5.41) is 3.36. The number of nitrogens with one attached hydrogen (secondary N) is 1. The van der Waals surface area contributed by atoms with E-state index < -0.39 is 11.8 Å². The number of carbonyl (C=O) groups is 1. The average molecular weight is 505 g/mol. The second-order valence-corrected chi connectivity index (χ2v) is 11.7. The number of carbonyl (C=O) groups excluding carboxylic acids is 1. The average Bonchev–Trinajstić information content (AvgIpc) is 3.48. The summed E-state index contributed by atoms with van der Waals surface area (Å²) in [7, 11) is 1.60. The predicted octanol–water partition coefficient (Wildman–Crippen LogP) is 2.91. The number of rotatable bonds is 2. The van der Waals surface area contributed by atoms with E-state index in [0.717, 1.165) is 69.9 Å². The number of aromatic nitrogens is 2. The standard InChI is InChI=1S/C19H29N5O3.C7H12FN/c1-19(2,3)27-18(25)24-12-5-6-13(24)11-23(10-12)16-14-7-8-20-9-15(14)21-17(22-16)26-4;8-6-4-7-2-1-3-9(7)5-6/h12-13,20H,5-11H2,1-4H3;6-7H,1-5H2. The molecular formula is C26H41FN6O3. The Hall–Kier alpha value is -2.20. The van der Waals surface area contributed by atoms with Gasteiger partial charge in [0.15, 0.2) is 0 Å². The number of alkyl halides is 1. The number of amides is 1. The number of anilines is 1. The fourth-order valence-corrected chi connectivity index (χ4v) is 6.39. The molecule has 4 fully saturated rings. The number of nitrogens with zero attached hydrogens (tertiary/aromatic N) is 5. The molecule has 0 spiro atoms. The highest BCUT2D eigenvalue weighted by Crippen LogP contribution is 2.36. The summed E-state index contributed by atoms with van der Waals surface area (Å²) in [6.45, 7) is 10.8. The monoisotopic (exact) mass is 504 g/mol. The van der Waals surface area contributed by atoms with E-state index in [9.17, 15) is 9.18 Å². The van der Waals surface area contributed by atoms with E-state index in [2.05, 4.69) is 25.1 Å². The summed E-state index contributed by atoms with van der Waals surface area (Å²) in [6, 6.07) is 1.35. The third-order valence-electron chi connectivity index (χ3n) is 7.92. The van der Waals surface area contributed by atoms with Gasteiger partial charge < -0.3 is 19.7 Å². The van der Waals surface area contributed by atoms with Crippen LogP contribution in [0.5, 0.6) is 6.01 Å². The second-order valence-electron chi connectivity index (χ2n) is 11.7. The highest BCUT2D eigenvalue weighted by Gasteiger charge is 2.45. The molecule has 5 aliphatic heterocycles. The van der Waals surface area contributed by atoms with Crippen molar-refractivity contribution in [2.24, 2.45) is 0 Å². The molecule has 10 heteroatoms. The second kappa shape index (κ2) is 10.3. The van der Waals surface area contributed by atoms with Crippen molar-refractivity contribution in [3.8, 4) is 6.01 Å². The van der Waals surface area contributed by atoms with Gasteiger partial charge >= 0.3 is 12.1 Å². The largest absolute Gasteiger partial charge is 0.467 e. The van der Waals surface area contributed by atoms with E-state index in [1.54, 1.807) is 7.11 Å². The first-order valence-electron chi connectivity index (χ1n) is 13.5. The Morgan fingerprint density at radius 3 is 2.50 bits per heavy atom. The molecule has 1 amide bonds. The van der Waals surface area contributed by atoms with Crippen LogP contribution in [0.1, 0.15) is 64.1 Å². The first kappa shape index (κ1) is 25.4. The molecule has 200 valence electrons. The quantitative estimate of drug-likeness (QED) is 0.659. The van der Waals surface area contributed by atoms with Crippen molar-refractivity contribution >= 4 is 11.9 Å². The molecule has 4 atom stereocenters. The van der Waals surface area contributed by atoms with Gasteiger partial charge in [-0.1, -0.05) is 0 Å². The first-order chi connectivity index (χ1) is 17.2. The Labute approximate surface area is 213 Å². The summed E-state index contributed by atoms with van der Waals surface area (Å²) in [6.07, 6.45) is 5.55. The smallest absolute Gasteiger partial charge is 0.410 e. The molecular weight excluding hydrogens is 463 g/mol. The van der Waals surface area contributed by atoms with Crippen LogP contribution in [0.3, 0.4) is 0 Å². The van der Waals surface area contributed by atoms with Crippen molar-refractivity contribution in [2.45, 2.75) is 95.7 Å². The zero-order valence-electron chi connectivity index (χ0n) is 22.1. The van der Waals surface area contributed by atoms with Gasteiger partial charge in [0.25, 0.3) is 0 Å². The maximum atomic E-state index is 12.7. The van der Waals surface area contributed by atoms with Gasteiger partial charge in [-0.05, 0) is 72.4 Å². The van der Waals surface area contributed by atoms with Crippen LogP contribution >= 0.6 is 0 Å². The van der Waals surface area contributed by atoms with Crippen molar-refractivity contribution < 1.29 is 18.7 Å². The lowest BCUT2D eigenvalue weighted by molar-refractivity contribution is 0.0122. The van der Waals surface area contributed by atoms with Gasteiger partial charge in [0, 0.05) is 37.8 Å². The Bertz CT molecular complexity index is 930. The molecule has 0 aliphatic carbocycles. The number of fused-ring (bicyclic) bond motifs is 4. The lowest BCUT2D eigenvalue weighted by Crippen LogP contribution is -2.57. The Morgan fingerprint density at radius 1 is 1.08 bits per heavy atom. The Kier molecular flexibility index (Phi) is 7.27. The summed E-state index contributed by atoms with van der Waals surface area (Å²) in [4.78, 5) is 28.4. The normalized spacial score (nSPS) is 29.4. The first-order valence-corrected chi connectivity index (χ1v) is 13.5. The number of piperazine rings is 1. The van der Waals surface area contributed by atoms with E-state index in [-0.39, 0.29) is 18.2 Å². The van der Waals surface area contributed by atoms with Crippen molar-refractivity contribution in [2.75, 3.05) is 44.7 Å². The molecule has 0 aromatic carbocycles. The van der Waals surface area contributed by atoms with Crippen LogP contribution in [0.15, 0.2) is 0 Å². The SMILES string of the molecule is COc1nc2c(c(N3CC4CCC(C3)N4C(=O)OC(C)(C)C)n1)CCNC2.FC1CC2CCCN2C1. The van der Waals surface area contributed by atoms with Crippen LogP contribution in [-0.2, 0) is 17.7 Å². The van der Waals surface area contributed by atoms with Gasteiger partial charge in [-0.25, -0.2) is 9.18 Å². The number of methoxy groups -OCH3 is 1. The molecule has 4 unspecified atom stereocenters. The van der Waals surface area contributed by atoms with E-state index in [0.29, 0.717) is 18.6 Å². The lowest BCUT2D eigenvalue weighted by Gasteiger charge is -2.42. The molecule has 9 nitrogen and oxygen atoms in total. The topological polar surface area (TPSA) is 83.1 Å². The van der Waals surface area contributed by atoms with Gasteiger partial charge in [-0.15, -0.1) is 0 Å². The molecule has 5 aliphatic rings. The van der Waals surface area contributed by atoms with Crippen LogP contribution in [-0.4, -0.2) is 95.6 Å². The third kappa shape index (κ3) is 5.39. The molecule has 36 heavy (non-hydrogen) atoms. The third-order valence-corrected chi connectivity index (χ3v) is 7.92. The van der Waals surface area contributed by atoms with Gasteiger partial charge in [-0.2, -0.15) is 9.97 Å². The zero-order chi connectivity index (χ0) is 25.4. The molecule has 6 heterocycles. The number of hydrogen-bond acceptors (Lipinski definition) is 8. The van der Waals surface area contributed by atoms with Crippen molar-refractivity contribution in [3.05, 3.63) is 11.3 Å². The maximum Gasteiger partial charge on any atom is 0.410 e. The Morgan fingerprint density at radius 2 is 1.83 bits per heavy atom. The van der Waals surface area contributed by atoms with Crippen molar-refractivity contribution in [1.29, 1.82) is 0 Å². The Balaban J connectivity index is 0.000000247. The summed E-state index contributed by atoms with van der Waals surface area (Å²) in [5.41, 5.74) is 1.75. The molecule has 2 bridgehead atoms. The zero-order valence-corrected chi connectivity index (χ0v) is 22.1. The highest BCUT2D eigenvalue weighted by atomic mass is 19.1. The number of hydrogen-bond donors (Lipinski definition) is 1.